The number of benzene rings is 1. The molecule has 18 heavy (non-hydrogen) atoms. The molecule has 1 aromatic heterocycles. The lowest BCUT2D eigenvalue weighted by molar-refractivity contribution is 0.0888. The second-order valence-electron chi connectivity index (χ2n) is 4.07. The number of hydrogen-bond acceptors (Lipinski definition) is 3. The molecule has 2 rings (SSSR count). The molecule has 1 heterocycles. The van der Waals surface area contributed by atoms with Gasteiger partial charge in [0.1, 0.15) is 0 Å². The number of aliphatic hydroxyl groups is 1. The van der Waals surface area contributed by atoms with Gasteiger partial charge < -0.3 is 14.8 Å². The van der Waals surface area contributed by atoms with Crippen molar-refractivity contribution >= 4 is 5.91 Å². The number of aryl methyl sites for hydroxylation is 1. The van der Waals surface area contributed by atoms with E-state index in [1.165, 1.54) is 6.26 Å². The van der Waals surface area contributed by atoms with Crippen LogP contribution >= 0.6 is 0 Å². The van der Waals surface area contributed by atoms with Gasteiger partial charge in [-0.1, -0.05) is 30.3 Å². The summed E-state index contributed by atoms with van der Waals surface area (Å²) in [5.41, 5.74) is 1.55. The van der Waals surface area contributed by atoms with E-state index in [1.54, 1.807) is 13.0 Å². The Labute approximate surface area is 105 Å². The maximum atomic E-state index is 11.7. The van der Waals surface area contributed by atoms with Gasteiger partial charge in [-0.15, -0.1) is 0 Å². The van der Waals surface area contributed by atoms with Gasteiger partial charge in [0.15, 0.2) is 5.76 Å². The number of carbonyl (C=O) groups is 1. The van der Waals surface area contributed by atoms with Gasteiger partial charge in [0, 0.05) is 12.1 Å². The monoisotopic (exact) mass is 245 g/mol. The molecule has 94 valence electrons. The van der Waals surface area contributed by atoms with Crippen LogP contribution in [-0.4, -0.2) is 17.6 Å². The minimum absolute atomic E-state index is 0.156. The van der Waals surface area contributed by atoms with Crippen molar-refractivity contribution in [2.24, 2.45) is 0 Å². The molecule has 0 saturated carbocycles. The third kappa shape index (κ3) is 2.78. The predicted molar refractivity (Wildman–Crippen MR) is 67.2 cm³/mol. The second kappa shape index (κ2) is 5.51. The summed E-state index contributed by atoms with van der Waals surface area (Å²) in [7, 11) is 0. The molecule has 1 amide bonds. The Balaban J connectivity index is 1.93. The quantitative estimate of drug-likeness (QED) is 0.866. The van der Waals surface area contributed by atoms with Gasteiger partial charge in [0.2, 0.25) is 0 Å². The first-order valence-electron chi connectivity index (χ1n) is 5.74. The second-order valence-corrected chi connectivity index (χ2v) is 4.07. The van der Waals surface area contributed by atoms with Crippen molar-refractivity contribution in [1.29, 1.82) is 0 Å². The van der Waals surface area contributed by atoms with Gasteiger partial charge in [-0.25, -0.2) is 0 Å². The highest BCUT2D eigenvalue weighted by atomic mass is 16.3. The summed E-state index contributed by atoms with van der Waals surface area (Å²) in [6.07, 6.45) is 0.753. The first kappa shape index (κ1) is 12.4. The van der Waals surface area contributed by atoms with Crippen LogP contribution in [0.2, 0.25) is 0 Å². The lowest BCUT2D eigenvalue weighted by Crippen LogP contribution is -2.28. The summed E-state index contributed by atoms with van der Waals surface area (Å²) in [5, 5.41) is 12.5. The fraction of sp³-hybridized carbons (Fsp3) is 0.214. The molecule has 0 spiro atoms. The number of rotatable bonds is 4. The summed E-state index contributed by atoms with van der Waals surface area (Å²) in [5.74, 6) is -0.0252. The highest BCUT2D eigenvalue weighted by Crippen LogP contribution is 2.12. The van der Waals surface area contributed by atoms with E-state index in [4.69, 9.17) is 4.42 Å². The number of aliphatic hydroxyl groups excluding tert-OH is 1. The lowest BCUT2D eigenvalue weighted by atomic mass is 10.1. The van der Waals surface area contributed by atoms with E-state index in [1.807, 2.05) is 30.3 Å². The van der Waals surface area contributed by atoms with Crippen LogP contribution in [0.5, 0.6) is 0 Å². The van der Waals surface area contributed by atoms with E-state index in [-0.39, 0.29) is 18.2 Å². The van der Waals surface area contributed by atoms with Crippen LogP contribution in [-0.2, 0) is 0 Å². The molecule has 0 fully saturated rings. The Kier molecular flexibility index (Phi) is 3.79. The predicted octanol–water partition coefficient (Wildman–Crippen LogP) is 2.05. The van der Waals surface area contributed by atoms with Gasteiger partial charge in [0.05, 0.1) is 12.4 Å². The average Bonchev–Trinajstić information content (AvgIpc) is 2.83. The third-order valence-electron chi connectivity index (χ3n) is 2.71. The van der Waals surface area contributed by atoms with Crippen molar-refractivity contribution < 1.29 is 14.3 Å². The van der Waals surface area contributed by atoms with Crippen molar-refractivity contribution in [3.63, 3.8) is 0 Å². The van der Waals surface area contributed by atoms with E-state index < -0.39 is 6.10 Å². The van der Waals surface area contributed by atoms with Crippen molar-refractivity contribution in [1.82, 2.24) is 5.32 Å². The summed E-state index contributed by atoms with van der Waals surface area (Å²) < 4.78 is 5.07. The Bertz CT molecular complexity index is 519. The van der Waals surface area contributed by atoms with Gasteiger partial charge in [-0.2, -0.15) is 0 Å². The normalized spacial score (nSPS) is 12.1. The Morgan fingerprint density at radius 2 is 2.06 bits per heavy atom. The van der Waals surface area contributed by atoms with Crippen LogP contribution in [0.1, 0.15) is 27.8 Å². The zero-order valence-corrected chi connectivity index (χ0v) is 10.1. The molecule has 4 nitrogen and oxygen atoms in total. The molecule has 0 aliphatic carbocycles. The van der Waals surface area contributed by atoms with E-state index in [0.717, 1.165) is 11.1 Å². The fourth-order valence-corrected chi connectivity index (χ4v) is 1.67. The van der Waals surface area contributed by atoms with Crippen molar-refractivity contribution in [3.05, 3.63) is 59.5 Å². The SMILES string of the molecule is Cc1ccoc1C(=O)NCC(O)c1ccccc1. The van der Waals surface area contributed by atoms with Crippen LogP contribution < -0.4 is 5.32 Å². The van der Waals surface area contributed by atoms with Crippen molar-refractivity contribution in [2.45, 2.75) is 13.0 Å². The first-order chi connectivity index (χ1) is 8.68. The van der Waals surface area contributed by atoms with E-state index >= 15 is 0 Å². The summed E-state index contributed by atoms with van der Waals surface area (Å²) in [6.45, 7) is 1.95. The minimum Gasteiger partial charge on any atom is -0.459 e. The van der Waals surface area contributed by atoms with Crippen LogP contribution in [0, 0.1) is 6.92 Å². The molecule has 0 aliphatic heterocycles. The Morgan fingerprint density at radius 3 is 2.67 bits per heavy atom. The highest BCUT2D eigenvalue weighted by Gasteiger charge is 2.14. The molecule has 1 atom stereocenters. The third-order valence-corrected chi connectivity index (χ3v) is 2.71. The molecule has 4 heteroatoms. The molecular weight excluding hydrogens is 230 g/mol. The van der Waals surface area contributed by atoms with E-state index in [2.05, 4.69) is 5.32 Å². The van der Waals surface area contributed by atoms with Gasteiger partial charge >= 0.3 is 0 Å². The smallest absolute Gasteiger partial charge is 0.287 e. The van der Waals surface area contributed by atoms with Gasteiger partial charge in [0.25, 0.3) is 5.91 Å². The van der Waals surface area contributed by atoms with Crippen LogP contribution in [0.15, 0.2) is 47.1 Å². The zero-order valence-electron chi connectivity index (χ0n) is 10.1. The largest absolute Gasteiger partial charge is 0.459 e. The maximum absolute atomic E-state index is 11.7. The first-order valence-corrected chi connectivity index (χ1v) is 5.74. The maximum Gasteiger partial charge on any atom is 0.287 e. The molecule has 1 aromatic carbocycles. The fourth-order valence-electron chi connectivity index (χ4n) is 1.67. The average molecular weight is 245 g/mol. The molecule has 2 N–H and O–H groups in total. The number of nitrogens with one attached hydrogen (secondary N) is 1. The molecule has 2 aromatic rings. The van der Waals surface area contributed by atoms with Gasteiger partial charge in [-0.05, 0) is 18.6 Å². The molecule has 0 bridgehead atoms. The Morgan fingerprint density at radius 1 is 1.33 bits per heavy atom. The number of furan rings is 1. The Hall–Kier alpha value is -2.07. The van der Waals surface area contributed by atoms with Gasteiger partial charge in [-0.3, -0.25) is 4.79 Å². The van der Waals surface area contributed by atoms with Crippen molar-refractivity contribution in [3.8, 4) is 0 Å². The topological polar surface area (TPSA) is 62.5 Å². The summed E-state index contributed by atoms with van der Waals surface area (Å²) in [4.78, 5) is 11.7. The minimum atomic E-state index is -0.717. The van der Waals surface area contributed by atoms with Crippen molar-refractivity contribution in [2.75, 3.05) is 6.54 Å². The molecule has 0 aliphatic rings. The van der Waals surface area contributed by atoms with Crippen LogP contribution in [0.3, 0.4) is 0 Å². The molecule has 0 saturated heterocycles. The lowest BCUT2D eigenvalue weighted by Gasteiger charge is -2.11. The van der Waals surface area contributed by atoms with E-state index in [0.29, 0.717) is 0 Å². The molecular formula is C14H15NO3. The molecule has 0 radical (unpaired) electrons. The van der Waals surface area contributed by atoms with Crippen LogP contribution in [0.4, 0.5) is 0 Å². The summed E-state index contributed by atoms with van der Waals surface area (Å²) in [6, 6.07) is 10.9. The molecule has 1 unspecified atom stereocenters. The number of carbonyl (C=O) groups excluding carboxylic acids is 1. The number of amides is 1. The number of hydrogen-bond donors (Lipinski definition) is 2. The van der Waals surface area contributed by atoms with Crippen LogP contribution in [0.25, 0.3) is 0 Å². The summed E-state index contributed by atoms with van der Waals surface area (Å²) >= 11 is 0. The highest BCUT2D eigenvalue weighted by molar-refractivity contribution is 5.92. The standard InChI is InChI=1S/C14H15NO3/c1-10-7-8-18-13(10)14(17)15-9-12(16)11-5-3-2-4-6-11/h2-8,12,16H,9H2,1H3,(H,15,17). The van der Waals surface area contributed by atoms with E-state index in [9.17, 15) is 9.90 Å². The zero-order chi connectivity index (χ0) is 13.0.